The molecular formula is C27H30ClN5O3. The molecule has 1 saturated heterocycles. The van der Waals surface area contributed by atoms with Crippen LogP contribution in [-0.2, 0) is 20.1 Å². The molecule has 1 aliphatic heterocycles. The molecule has 0 aliphatic carbocycles. The van der Waals surface area contributed by atoms with Crippen LogP contribution in [0.25, 0.3) is 10.9 Å². The van der Waals surface area contributed by atoms with Crippen molar-refractivity contribution in [3.05, 3.63) is 68.7 Å². The summed E-state index contributed by atoms with van der Waals surface area (Å²) in [6, 6.07) is 10.0. The molecule has 2 heterocycles. The summed E-state index contributed by atoms with van der Waals surface area (Å²) >= 11 is 6.65. The zero-order valence-corrected chi connectivity index (χ0v) is 21.3. The highest BCUT2D eigenvalue weighted by Crippen LogP contribution is 2.26. The molecular weight excluding hydrogens is 478 g/mol. The highest BCUT2D eigenvalue weighted by molar-refractivity contribution is 6.32. The van der Waals surface area contributed by atoms with Crippen molar-refractivity contribution in [2.24, 2.45) is 7.05 Å². The second-order valence-electron chi connectivity index (χ2n) is 8.98. The molecule has 0 atom stereocenters. The maximum absolute atomic E-state index is 13.3. The average molecular weight is 508 g/mol. The number of carboxylic acids is 1. The number of rotatable bonds is 8. The Balaban J connectivity index is 1.61. The van der Waals surface area contributed by atoms with E-state index in [0.717, 1.165) is 44.0 Å². The number of anilines is 1. The van der Waals surface area contributed by atoms with Gasteiger partial charge in [0, 0.05) is 50.5 Å². The molecule has 0 bridgehead atoms. The van der Waals surface area contributed by atoms with Crippen LogP contribution in [0.5, 0.6) is 0 Å². The van der Waals surface area contributed by atoms with Crippen LogP contribution in [0.1, 0.15) is 28.7 Å². The van der Waals surface area contributed by atoms with Gasteiger partial charge in [0.1, 0.15) is 5.82 Å². The van der Waals surface area contributed by atoms with E-state index in [1.807, 2.05) is 4.90 Å². The maximum atomic E-state index is 13.3. The number of terminal acetylenes is 1. The van der Waals surface area contributed by atoms with E-state index < -0.39 is 5.97 Å². The molecule has 0 unspecified atom stereocenters. The number of benzene rings is 2. The molecule has 36 heavy (non-hydrogen) atoms. The van der Waals surface area contributed by atoms with Gasteiger partial charge in [0.15, 0.2) is 0 Å². The van der Waals surface area contributed by atoms with Crippen molar-refractivity contribution < 1.29 is 9.90 Å². The number of nitrogens with zero attached hydrogens (tertiary/aromatic N) is 5. The van der Waals surface area contributed by atoms with E-state index in [1.165, 1.54) is 12.1 Å². The zero-order valence-electron chi connectivity index (χ0n) is 20.6. The minimum Gasteiger partial charge on any atom is -0.478 e. The summed E-state index contributed by atoms with van der Waals surface area (Å²) in [5.74, 6) is 2.36. The minimum absolute atomic E-state index is 0.116. The zero-order chi connectivity index (χ0) is 25.8. The number of hydrogen-bond acceptors (Lipinski definition) is 6. The summed E-state index contributed by atoms with van der Waals surface area (Å²) in [5, 5.41) is 10.2. The Bertz CT molecular complexity index is 1360. The van der Waals surface area contributed by atoms with Crippen LogP contribution in [0.15, 0.2) is 41.2 Å². The van der Waals surface area contributed by atoms with Crippen LogP contribution in [0.4, 0.5) is 5.69 Å². The molecule has 3 aromatic rings. The van der Waals surface area contributed by atoms with Crippen LogP contribution in [0, 0.1) is 12.3 Å². The Morgan fingerprint density at radius 2 is 1.83 bits per heavy atom. The van der Waals surface area contributed by atoms with Gasteiger partial charge in [-0.05, 0) is 48.5 Å². The Morgan fingerprint density at radius 1 is 1.17 bits per heavy atom. The molecule has 1 aliphatic rings. The highest BCUT2D eigenvalue weighted by atomic mass is 35.5. The normalized spacial score (nSPS) is 14.6. The summed E-state index contributed by atoms with van der Waals surface area (Å²) in [5.41, 5.74) is 2.15. The van der Waals surface area contributed by atoms with E-state index in [1.54, 1.807) is 35.9 Å². The maximum Gasteiger partial charge on any atom is 0.335 e. The van der Waals surface area contributed by atoms with Crippen LogP contribution in [0.3, 0.4) is 0 Å². The quantitative estimate of drug-likeness (QED) is 0.469. The lowest BCUT2D eigenvalue weighted by Gasteiger charge is -2.33. The number of piperazine rings is 1. The summed E-state index contributed by atoms with van der Waals surface area (Å²) in [6.07, 6.45) is 5.59. The van der Waals surface area contributed by atoms with E-state index >= 15 is 0 Å². The van der Waals surface area contributed by atoms with Crippen molar-refractivity contribution >= 4 is 34.2 Å². The minimum atomic E-state index is -0.992. The summed E-state index contributed by atoms with van der Waals surface area (Å²) in [6.45, 7) is 8.40. The number of aromatic nitrogens is 2. The molecule has 0 spiro atoms. The Morgan fingerprint density at radius 3 is 2.44 bits per heavy atom. The SMILES string of the molecule is C#CCN(Cc1cc2c(=O)n(C)c(CN3CCN(CC)CC3)nc2cc1Cl)c1ccc(C(=O)O)cc1. The van der Waals surface area contributed by atoms with Crippen LogP contribution in [-0.4, -0.2) is 69.7 Å². The molecule has 8 nitrogen and oxygen atoms in total. The van der Waals surface area contributed by atoms with Crippen LogP contribution < -0.4 is 10.5 Å². The first-order valence-corrected chi connectivity index (χ1v) is 12.3. The van der Waals surface area contributed by atoms with Gasteiger partial charge in [-0.3, -0.25) is 14.3 Å². The van der Waals surface area contributed by atoms with Crippen molar-refractivity contribution in [2.75, 3.05) is 44.2 Å². The summed E-state index contributed by atoms with van der Waals surface area (Å²) < 4.78 is 1.62. The van der Waals surface area contributed by atoms with E-state index in [-0.39, 0.29) is 11.1 Å². The lowest BCUT2D eigenvalue weighted by Crippen LogP contribution is -2.46. The van der Waals surface area contributed by atoms with Gasteiger partial charge in [-0.2, -0.15) is 0 Å². The van der Waals surface area contributed by atoms with Gasteiger partial charge in [-0.25, -0.2) is 9.78 Å². The molecule has 9 heteroatoms. The first kappa shape index (κ1) is 25.7. The predicted octanol–water partition coefficient (Wildman–Crippen LogP) is 3.06. The molecule has 4 rings (SSSR count). The number of hydrogen-bond donors (Lipinski definition) is 1. The first-order chi connectivity index (χ1) is 17.3. The molecule has 0 amide bonds. The number of likely N-dealkylation sites (N-methyl/N-ethyl adjacent to an activating group) is 1. The second kappa shape index (κ2) is 11.1. The van der Waals surface area contributed by atoms with Crippen LogP contribution in [0.2, 0.25) is 5.02 Å². The topological polar surface area (TPSA) is 81.9 Å². The van der Waals surface area contributed by atoms with Crippen molar-refractivity contribution in [1.82, 2.24) is 19.4 Å². The largest absolute Gasteiger partial charge is 0.478 e. The lowest BCUT2D eigenvalue weighted by atomic mass is 10.1. The number of aromatic carboxylic acids is 1. The van der Waals surface area contributed by atoms with Crippen molar-refractivity contribution in [3.63, 3.8) is 0 Å². The lowest BCUT2D eigenvalue weighted by molar-refractivity contribution is 0.0697. The molecule has 0 saturated carbocycles. The van der Waals surface area contributed by atoms with Gasteiger partial charge >= 0.3 is 5.97 Å². The fraction of sp³-hybridized carbons (Fsp3) is 0.370. The van der Waals surface area contributed by atoms with Gasteiger partial charge in [0.2, 0.25) is 0 Å². The Hall–Kier alpha value is -3.38. The predicted molar refractivity (Wildman–Crippen MR) is 143 cm³/mol. The molecule has 2 aromatic carbocycles. The van der Waals surface area contributed by atoms with Gasteiger partial charge in [0.05, 0.1) is 29.6 Å². The molecule has 1 fully saturated rings. The Labute approximate surface area is 215 Å². The average Bonchev–Trinajstić information content (AvgIpc) is 2.88. The third-order valence-electron chi connectivity index (χ3n) is 6.74. The third-order valence-corrected chi connectivity index (χ3v) is 7.09. The second-order valence-corrected chi connectivity index (χ2v) is 9.38. The number of halogens is 1. The smallest absolute Gasteiger partial charge is 0.335 e. The molecule has 1 N–H and O–H groups in total. The van der Waals surface area contributed by atoms with Gasteiger partial charge in [-0.1, -0.05) is 24.4 Å². The molecule has 1 aromatic heterocycles. The number of fused-ring (bicyclic) bond motifs is 1. The van der Waals surface area contributed by atoms with E-state index in [2.05, 4.69) is 22.6 Å². The van der Waals surface area contributed by atoms with E-state index in [9.17, 15) is 9.59 Å². The molecule has 188 valence electrons. The van der Waals surface area contributed by atoms with Crippen molar-refractivity contribution in [2.45, 2.75) is 20.0 Å². The van der Waals surface area contributed by atoms with Crippen molar-refractivity contribution in [1.29, 1.82) is 0 Å². The van der Waals surface area contributed by atoms with Crippen molar-refractivity contribution in [3.8, 4) is 12.3 Å². The van der Waals surface area contributed by atoms with Gasteiger partial charge in [-0.15, -0.1) is 6.42 Å². The van der Waals surface area contributed by atoms with Gasteiger partial charge in [0.25, 0.3) is 5.56 Å². The number of carbonyl (C=O) groups is 1. The molecule has 0 radical (unpaired) electrons. The number of carboxylic acid groups (broad SMARTS) is 1. The standard InChI is InChI=1S/C27H30ClN5O3/c1-4-10-33(21-8-6-19(7-9-21)27(35)36)17-20-15-22-24(16-23(20)28)29-25(30(3)26(22)34)18-32-13-11-31(5-2)12-14-32/h1,6-9,15-16H,5,10-14,17-18H2,2-3H3,(H,35,36). The fourth-order valence-corrected chi connectivity index (χ4v) is 4.70. The summed E-state index contributed by atoms with van der Waals surface area (Å²) in [4.78, 5) is 35.9. The third kappa shape index (κ3) is 5.54. The van der Waals surface area contributed by atoms with Crippen LogP contribution >= 0.6 is 11.6 Å². The Kier molecular flexibility index (Phi) is 7.94. The fourth-order valence-electron chi connectivity index (χ4n) is 4.48. The summed E-state index contributed by atoms with van der Waals surface area (Å²) in [7, 11) is 1.76. The van der Waals surface area contributed by atoms with E-state index in [0.29, 0.717) is 41.4 Å². The highest BCUT2D eigenvalue weighted by Gasteiger charge is 2.19. The monoisotopic (exact) mass is 507 g/mol. The first-order valence-electron chi connectivity index (χ1n) is 11.9. The van der Waals surface area contributed by atoms with E-state index in [4.69, 9.17) is 28.1 Å². The van der Waals surface area contributed by atoms with Gasteiger partial charge < -0.3 is 14.9 Å².